The first-order chi connectivity index (χ1) is 41.8. The number of hydrazine groups is 9. The van der Waals surface area contributed by atoms with Crippen molar-refractivity contribution in [2.24, 2.45) is 0 Å². The summed E-state index contributed by atoms with van der Waals surface area (Å²) in [6, 6.07) is 0. The van der Waals surface area contributed by atoms with E-state index in [9.17, 15) is 0 Å². The molecule has 0 unspecified atom stereocenters. The SMILES string of the molecule is C1CCCCCNNNNCCCC1.C1CCCCCNNNNCCCC1.C1CCCCCNNNNCCCC1.CC(=O)[O-].CC(=O)[O-].CC(=O)[O-].CC(=O)[O-].CC(=O)[O-].CC(=O)[O-].CC(=O)[O-].CC(=O)[O-].CC(=O)[O-].CC(=O)[O-].CC(=O)[O-].CC(=O)[O-].[Gd+3].[Gd+3].[Gd+3].[Gd+3]. The molecule has 3 aliphatic heterocycles. The second-order valence-corrected chi connectivity index (χ2v) is 17.7. The molecule has 0 aromatic carbocycles. The third-order valence-corrected chi connectivity index (χ3v) is 7.78. The molecule has 12 N–H and O–H groups in total. The van der Waals surface area contributed by atoms with Crippen molar-refractivity contribution in [2.75, 3.05) is 39.3 Å². The monoisotopic (exact) mass is 1940 g/mol. The van der Waals surface area contributed by atoms with E-state index >= 15 is 0 Å². The van der Waals surface area contributed by atoms with Crippen LogP contribution in [-0.2, 0) is 57.5 Å². The molecule has 0 aliphatic carbocycles. The Labute approximate surface area is 684 Å². The van der Waals surface area contributed by atoms with E-state index in [4.69, 9.17) is 119 Å². The van der Waals surface area contributed by atoms with Gasteiger partial charge in [-0.15, -0.1) is 0 Å². The third-order valence-electron chi connectivity index (χ3n) is 7.78. The van der Waals surface area contributed by atoms with Crippen molar-refractivity contribution >= 4 is 71.6 Å². The molecule has 3 saturated heterocycles. The molecule has 36 nitrogen and oxygen atoms in total. The van der Waals surface area contributed by atoms with Crippen LogP contribution in [0.15, 0.2) is 0 Å². The molecule has 3 fully saturated rings. The molecule has 0 saturated carbocycles. The van der Waals surface area contributed by atoms with Gasteiger partial charge in [0.05, 0.1) is 0 Å². The minimum atomic E-state index is -1.08. The third kappa shape index (κ3) is 442. The van der Waals surface area contributed by atoms with Gasteiger partial charge in [-0.1, -0.05) is 116 Å². The van der Waals surface area contributed by atoms with Gasteiger partial charge in [0.25, 0.3) is 0 Å². The number of aliphatic carboxylic acids is 12. The van der Waals surface area contributed by atoms with Gasteiger partial charge in [0, 0.05) is 111 Å². The smallest absolute Gasteiger partial charge is 0.550 e. The van der Waals surface area contributed by atoms with Gasteiger partial charge in [0.15, 0.2) is 0 Å². The van der Waals surface area contributed by atoms with Crippen molar-refractivity contribution in [2.45, 2.75) is 237 Å². The largest absolute Gasteiger partial charge is 3.00 e. The molecule has 94 heavy (non-hydrogen) atoms. The summed E-state index contributed by atoms with van der Waals surface area (Å²) in [4.78, 5) is 107. The van der Waals surface area contributed by atoms with E-state index in [1.807, 2.05) is 0 Å². The van der Waals surface area contributed by atoms with Gasteiger partial charge in [0.1, 0.15) is 0 Å². The number of carboxylic acids is 12. The minimum Gasteiger partial charge on any atom is -0.550 e. The predicted octanol–water partition coefficient (Wildman–Crippen LogP) is -11.3. The van der Waals surface area contributed by atoms with Crippen LogP contribution < -0.4 is 127 Å². The number of hydrogen-bond acceptors (Lipinski definition) is 36. The maximum atomic E-state index is 8.89. The number of rotatable bonds is 0. The minimum absolute atomic E-state index is 0. The van der Waals surface area contributed by atoms with E-state index < -0.39 is 71.6 Å². The van der Waals surface area contributed by atoms with Crippen molar-refractivity contribution in [3.8, 4) is 0 Å². The van der Waals surface area contributed by atoms with E-state index in [1.165, 1.54) is 154 Å². The van der Waals surface area contributed by atoms with Crippen LogP contribution in [0, 0.1) is 160 Å². The summed E-state index contributed by atoms with van der Waals surface area (Å²) in [6.07, 6.45) is 32.5. The molecular formula is C54H108Gd4N12O24. The first-order valence-corrected chi connectivity index (χ1v) is 28.8. The maximum Gasteiger partial charge on any atom is 3.00 e. The molecule has 560 valence electrons. The Morgan fingerprint density at radius 3 is 0.277 bits per heavy atom. The number of carbonyl (C=O) groups is 12. The summed E-state index contributed by atoms with van der Waals surface area (Å²) in [7, 11) is 0. The van der Waals surface area contributed by atoms with Crippen LogP contribution in [0.25, 0.3) is 0 Å². The fraction of sp³-hybridized carbons (Fsp3) is 0.778. The molecule has 0 amide bonds. The first kappa shape index (κ1) is 132. The summed E-state index contributed by atoms with van der Waals surface area (Å²) in [5.41, 5.74) is 36.3. The molecule has 4 radical (unpaired) electrons. The zero-order chi connectivity index (χ0) is 72.6. The van der Waals surface area contributed by atoms with Crippen molar-refractivity contribution in [3.63, 3.8) is 0 Å². The predicted molar refractivity (Wildman–Crippen MR) is 306 cm³/mol. The summed E-state index contributed by atoms with van der Waals surface area (Å²) in [5.74, 6) is -13.0. The van der Waals surface area contributed by atoms with Gasteiger partial charge in [-0.3, -0.25) is 0 Å². The van der Waals surface area contributed by atoms with Gasteiger partial charge < -0.3 is 119 Å². The van der Waals surface area contributed by atoms with Crippen LogP contribution in [0.3, 0.4) is 0 Å². The molecule has 0 spiro atoms. The van der Waals surface area contributed by atoms with Crippen LogP contribution in [0.1, 0.15) is 237 Å². The Morgan fingerprint density at radius 2 is 0.213 bits per heavy atom. The zero-order valence-corrected chi connectivity index (χ0v) is 65.5. The average Bonchev–Trinajstić information content (AvgIpc) is 3.40. The Bertz CT molecular complexity index is 1120. The number of nitrogens with one attached hydrogen (secondary N) is 12. The summed E-state index contributed by atoms with van der Waals surface area (Å²) < 4.78 is 0. The first-order valence-electron chi connectivity index (χ1n) is 28.8. The quantitative estimate of drug-likeness (QED) is 0.107. The summed E-state index contributed by atoms with van der Waals surface area (Å²) in [5, 5.41) is 107. The fourth-order valence-corrected chi connectivity index (χ4v) is 5.10. The van der Waals surface area contributed by atoms with Gasteiger partial charge in [-0.25, -0.2) is 32.6 Å². The average molecular weight is 1940 g/mol. The maximum absolute atomic E-state index is 8.89. The van der Waals surface area contributed by atoms with E-state index in [2.05, 4.69) is 65.8 Å². The number of hydrogen-bond donors (Lipinski definition) is 12. The van der Waals surface area contributed by atoms with Crippen LogP contribution in [0.5, 0.6) is 0 Å². The molecular weight excluding hydrogens is 1830 g/mol. The van der Waals surface area contributed by atoms with Gasteiger partial charge in [-0.2, -0.15) is 33.2 Å². The molecule has 40 heteroatoms. The standard InChI is InChI=1S/3C10H24N4.12C2H4O2.4Gd/c3*1-2-4-6-8-10-12-14-13-11-9-7-5-3-1;12*1-2(3)4;;;;/h3*11-14H,1-10H2;12*1H3,(H,3,4);;;;/q;;;;;;;;;;;;;;;4*+3/p-12. The summed E-state index contributed by atoms with van der Waals surface area (Å²) in [6.45, 7) is 17.9. The van der Waals surface area contributed by atoms with Crippen molar-refractivity contribution < 1.29 is 279 Å². The molecule has 3 aliphatic rings. The van der Waals surface area contributed by atoms with E-state index in [0.29, 0.717) is 0 Å². The Kier molecular flexibility index (Phi) is 180. The normalized spacial score (nSPS) is 13.9. The van der Waals surface area contributed by atoms with Crippen molar-refractivity contribution in [1.29, 1.82) is 0 Å². The Hall–Kier alpha value is -1.54. The molecule has 0 aromatic heterocycles. The van der Waals surface area contributed by atoms with Crippen molar-refractivity contribution in [1.82, 2.24) is 65.8 Å². The summed E-state index contributed by atoms with van der Waals surface area (Å²) >= 11 is 0. The molecule has 3 rings (SSSR count). The second-order valence-electron chi connectivity index (χ2n) is 17.7. The van der Waals surface area contributed by atoms with Gasteiger partial charge in [-0.05, 0) is 122 Å². The van der Waals surface area contributed by atoms with E-state index in [0.717, 1.165) is 122 Å². The second kappa shape index (κ2) is 128. The van der Waals surface area contributed by atoms with Crippen LogP contribution in [-0.4, -0.2) is 111 Å². The zero-order valence-electron chi connectivity index (χ0n) is 56.4. The van der Waals surface area contributed by atoms with Gasteiger partial charge >= 0.3 is 160 Å². The molecule has 3 heterocycles. The Morgan fingerprint density at radius 1 is 0.160 bits per heavy atom. The van der Waals surface area contributed by atoms with E-state index in [1.54, 1.807) is 0 Å². The van der Waals surface area contributed by atoms with Crippen LogP contribution in [0.4, 0.5) is 0 Å². The molecule has 0 atom stereocenters. The van der Waals surface area contributed by atoms with Crippen molar-refractivity contribution in [3.05, 3.63) is 0 Å². The fourth-order valence-electron chi connectivity index (χ4n) is 5.10. The van der Waals surface area contributed by atoms with Crippen LogP contribution in [0.2, 0.25) is 0 Å². The number of carbonyl (C=O) groups excluding carboxylic acids is 12. The van der Waals surface area contributed by atoms with Gasteiger partial charge in [0.2, 0.25) is 0 Å². The topological polar surface area (TPSA) is 626 Å². The van der Waals surface area contributed by atoms with E-state index in [-0.39, 0.29) is 160 Å². The molecule has 0 aromatic rings. The molecule has 0 bridgehead atoms. The van der Waals surface area contributed by atoms with Crippen LogP contribution >= 0.6 is 0 Å². The Balaban J connectivity index is -0.0000000515. The number of carboxylic acid groups (broad SMARTS) is 12.